The number of fused-ring (bicyclic) bond motifs is 1. The van der Waals surface area contributed by atoms with Crippen LogP contribution in [0.25, 0.3) is 0 Å². The fraction of sp³-hybridized carbons (Fsp3) is 0.250. The Morgan fingerprint density at radius 3 is 2.26 bits per heavy atom. The van der Waals surface area contributed by atoms with Gasteiger partial charge in [0, 0.05) is 31.5 Å². The van der Waals surface area contributed by atoms with E-state index in [9.17, 15) is 8.42 Å². The van der Waals surface area contributed by atoms with Gasteiger partial charge in [0.05, 0.1) is 4.90 Å². The van der Waals surface area contributed by atoms with Crippen LogP contribution in [0.15, 0.2) is 47.4 Å². The number of anilines is 2. The molecule has 6 nitrogen and oxygen atoms in total. The van der Waals surface area contributed by atoms with Crippen molar-refractivity contribution in [2.24, 2.45) is 0 Å². The van der Waals surface area contributed by atoms with E-state index in [0.717, 1.165) is 5.69 Å². The molecule has 1 aliphatic rings. The number of rotatable bonds is 4. The number of nitrogens with one attached hydrogen (secondary N) is 1. The summed E-state index contributed by atoms with van der Waals surface area (Å²) in [5.74, 6) is 1.01. The second kappa shape index (κ2) is 6.00. The molecular weight excluding hydrogens is 316 g/mol. The van der Waals surface area contributed by atoms with Crippen molar-refractivity contribution in [3.8, 4) is 11.5 Å². The van der Waals surface area contributed by atoms with Crippen molar-refractivity contribution < 1.29 is 17.9 Å². The van der Waals surface area contributed by atoms with Gasteiger partial charge in [0.2, 0.25) is 0 Å². The predicted octanol–water partition coefficient (Wildman–Crippen LogP) is 2.32. The quantitative estimate of drug-likeness (QED) is 0.929. The van der Waals surface area contributed by atoms with Gasteiger partial charge >= 0.3 is 0 Å². The van der Waals surface area contributed by atoms with Gasteiger partial charge in [-0.3, -0.25) is 4.72 Å². The molecule has 0 fully saturated rings. The van der Waals surface area contributed by atoms with Gasteiger partial charge in [-0.2, -0.15) is 0 Å². The Morgan fingerprint density at radius 2 is 1.61 bits per heavy atom. The summed E-state index contributed by atoms with van der Waals surface area (Å²) in [5, 5.41) is 0. The van der Waals surface area contributed by atoms with E-state index >= 15 is 0 Å². The summed E-state index contributed by atoms with van der Waals surface area (Å²) >= 11 is 0. The van der Waals surface area contributed by atoms with E-state index in [1.807, 2.05) is 31.1 Å². The van der Waals surface area contributed by atoms with Crippen LogP contribution >= 0.6 is 0 Å². The second-order valence-corrected chi connectivity index (χ2v) is 7.03. The Hall–Kier alpha value is -2.41. The Labute approximate surface area is 135 Å². The third-order valence-corrected chi connectivity index (χ3v) is 4.84. The minimum atomic E-state index is -3.68. The van der Waals surface area contributed by atoms with Crippen molar-refractivity contribution in [3.63, 3.8) is 0 Å². The molecule has 0 radical (unpaired) electrons. The lowest BCUT2D eigenvalue weighted by molar-refractivity contribution is 0.171. The van der Waals surface area contributed by atoms with E-state index in [0.29, 0.717) is 30.4 Å². The van der Waals surface area contributed by atoms with Crippen molar-refractivity contribution in [1.82, 2.24) is 0 Å². The first-order valence-corrected chi connectivity index (χ1v) is 8.64. The largest absolute Gasteiger partial charge is 0.486 e. The van der Waals surface area contributed by atoms with Crippen molar-refractivity contribution in [3.05, 3.63) is 42.5 Å². The number of benzene rings is 2. The third-order valence-electron chi connectivity index (χ3n) is 3.46. The molecule has 0 aromatic heterocycles. The zero-order valence-corrected chi connectivity index (χ0v) is 13.8. The molecule has 0 atom stereocenters. The molecular formula is C16H18N2O4S. The van der Waals surface area contributed by atoms with Gasteiger partial charge in [-0.15, -0.1) is 0 Å². The van der Waals surface area contributed by atoms with Crippen LogP contribution in [0.5, 0.6) is 11.5 Å². The van der Waals surface area contributed by atoms with E-state index in [4.69, 9.17) is 9.47 Å². The van der Waals surface area contributed by atoms with Crippen LogP contribution in [-0.2, 0) is 10.0 Å². The number of hydrogen-bond acceptors (Lipinski definition) is 5. The molecule has 0 saturated heterocycles. The Balaban J connectivity index is 1.84. The van der Waals surface area contributed by atoms with E-state index < -0.39 is 10.0 Å². The molecule has 1 heterocycles. The van der Waals surface area contributed by atoms with Gasteiger partial charge < -0.3 is 14.4 Å². The molecule has 23 heavy (non-hydrogen) atoms. The average molecular weight is 334 g/mol. The fourth-order valence-corrected chi connectivity index (χ4v) is 3.31. The standard InChI is InChI=1S/C16H18N2O4S/c1-18(2)13-5-3-12(4-6-13)17-23(19,20)14-7-8-15-16(11-14)22-10-9-21-15/h3-8,11,17H,9-10H2,1-2H3. The first-order valence-electron chi connectivity index (χ1n) is 7.15. The van der Waals surface area contributed by atoms with Gasteiger partial charge in [-0.05, 0) is 36.4 Å². The molecule has 0 amide bonds. The van der Waals surface area contributed by atoms with E-state index in [1.165, 1.54) is 12.1 Å². The number of nitrogens with zero attached hydrogens (tertiary/aromatic N) is 1. The molecule has 3 rings (SSSR count). The summed E-state index contributed by atoms with van der Waals surface area (Å²) in [5.41, 5.74) is 1.50. The van der Waals surface area contributed by atoms with Crippen molar-refractivity contribution in [2.45, 2.75) is 4.90 Å². The summed E-state index contributed by atoms with van der Waals surface area (Å²) in [4.78, 5) is 2.08. The molecule has 0 unspecified atom stereocenters. The zero-order chi connectivity index (χ0) is 16.4. The Bertz CT molecular complexity index is 801. The summed E-state index contributed by atoms with van der Waals surface area (Å²) in [6.07, 6.45) is 0. The SMILES string of the molecule is CN(C)c1ccc(NS(=O)(=O)c2ccc3c(c2)OCCO3)cc1. The molecule has 1 N–H and O–H groups in total. The molecule has 0 spiro atoms. The monoisotopic (exact) mass is 334 g/mol. The normalized spacial score (nSPS) is 13.5. The lowest BCUT2D eigenvalue weighted by atomic mass is 10.3. The highest BCUT2D eigenvalue weighted by molar-refractivity contribution is 7.92. The summed E-state index contributed by atoms with van der Waals surface area (Å²) in [7, 11) is 0.171. The van der Waals surface area contributed by atoms with Crippen molar-refractivity contribution in [2.75, 3.05) is 36.9 Å². The third kappa shape index (κ3) is 3.34. The minimum Gasteiger partial charge on any atom is -0.486 e. The van der Waals surface area contributed by atoms with Gasteiger partial charge in [-0.1, -0.05) is 0 Å². The van der Waals surface area contributed by atoms with Crippen LogP contribution in [0, 0.1) is 0 Å². The maximum absolute atomic E-state index is 12.5. The van der Waals surface area contributed by atoms with E-state index in [-0.39, 0.29) is 4.90 Å². The maximum atomic E-state index is 12.5. The van der Waals surface area contributed by atoms with Gasteiger partial charge in [0.25, 0.3) is 10.0 Å². The highest BCUT2D eigenvalue weighted by atomic mass is 32.2. The second-order valence-electron chi connectivity index (χ2n) is 5.35. The number of sulfonamides is 1. The summed E-state index contributed by atoms with van der Waals surface area (Å²) < 4.78 is 38.4. The molecule has 7 heteroatoms. The Kier molecular flexibility index (Phi) is 4.04. The van der Waals surface area contributed by atoms with Crippen LogP contribution in [0.3, 0.4) is 0 Å². The molecule has 2 aromatic rings. The van der Waals surface area contributed by atoms with Crippen LogP contribution in [0.2, 0.25) is 0 Å². The predicted molar refractivity (Wildman–Crippen MR) is 89.0 cm³/mol. The average Bonchev–Trinajstić information content (AvgIpc) is 2.54. The van der Waals surface area contributed by atoms with Gasteiger partial charge in [0.15, 0.2) is 11.5 Å². The fourth-order valence-electron chi connectivity index (χ4n) is 2.23. The van der Waals surface area contributed by atoms with Crippen LogP contribution in [-0.4, -0.2) is 35.7 Å². The Morgan fingerprint density at radius 1 is 0.957 bits per heavy atom. The molecule has 2 aromatic carbocycles. The zero-order valence-electron chi connectivity index (χ0n) is 12.9. The van der Waals surface area contributed by atoms with Gasteiger partial charge in [0.1, 0.15) is 13.2 Å². The number of ether oxygens (including phenoxy) is 2. The van der Waals surface area contributed by atoms with Crippen LogP contribution in [0.4, 0.5) is 11.4 Å². The molecule has 0 bridgehead atoms. The highest BCUT2D eigenvalue weighted by Gasteiger charge is 2.19. The maximum Gasteiger partial charge on any atom is 0.262 e. The lowest BCUT2D eigenvalue weighted by Gasteiger charge is -2.19. The highest BCUT2D eigenvalue weighted by Crippen LogP contribution is 2.32. The topological polar surface area (TPSA) is 67.9 Å². The first kappa shape index (κ1) is 15.5. The number of hydrogen-bond donors (Lipinski definition) is 1. The smallest absolute Gasteiger partial charge is 0.262 e. The van der Waals surface area contributed by atoms with Crippen molar-refractivity contribution in [1.29, 1.82) is 0 Å². The lowest BCUT2D eigenvalue weighted by Crippen LogP contribution is -2.17. The minimum absolute atomic E-state index is 0.137. The summed E-state index contributed by atoms with van der Waals surface area (Å²) in [6.45, 7) is 0.880. The van der Waals surface area contributed by atoms with E-state index in [1.54, 1.807) is 18.2 Å². The van der Waals surface area contributed by atoms with Crippen LogP contribution in [0.1, 0.15) is 0 Å². The molecule has 0 aliphatic carbocycles. The van der Waals surface area contributed by atoms with Gasteiger partial charge in [-0.25, -0.2) is 8.42 Å². The van der Waals surface area contributed by atoms with Crippen molar-refractivity contribution >= 4 is 21.4 Å². The molecule has 122 valence electrons. The molecule has 1 aliphatic heterocycles. The van der Waals surface area contributed by atoms with Crippen LogP contribution < -0.4 is 19.1 Å². The molecule has 0 saturated carbocycles. The summed E-state index contributed by atoms with van der Waals surface area (Å²) in [6, 6.07) is 11.7. The van der Waals surface area contributed by atoms with E-state index in [2.05, 4.69) is 4.72 Å². The first-order chi connectivity index (χ1) is 11.0.